The summed E-state index contributed by atoms with van der Waals surface area (Å²) in [5.41, 5.74) is 1.44. The molecule has 0 radical (unpaired) electrons. The van der Waals surface area contributed by atoms with Gasteiger partial charge in [0.1, 0.15) is 5.69 Å². The van der Waals surface area contributed by atoms with Crippen molar-refractivity contribution in [1.82, 2.24) is 15.0 Å². The molecule has 2 fully saturated rings. The van der Waals surface area contributed by atoms with Crippen molar-refractivity contribution in [3.8, 4) is 0 Å². The highest BCUT2D eigenvalue weighted by Crippen LogP contribution is 2.46. The van der Waals surface area contributed by atoms with Gasteiger partial charge in [0.15, 0.2) is 6.29 Å². The topological polar surface area (TPSA) is 68.0 Å². The number of aldehydes is 1. The zero-order valence-corrected chi connectivity index (χ0v) is 9.80. The molecule has 0 aliphatic heterocycles. The number of aliphatic hydroxyl groups is 1. The van der Waals surface area contributed by atoms with Crippen LogP contribution < -0.4 is 0 Å². The van der Waals surface area contributed by atoms with Crippen molar-refractivity contribution in [2.24, 2.45) is 11.3 Å². The van der Waals surface area contributed by atoms with Crippen molar-refractivity contribution in [2.75, 3.05) is 6.61 Å². The third-order valence-corrected chi connectivity index (χ3v) is 3.94. The summed E-state index contributed by atoms with van der Waals surface area (Å²) in [4.78, 5) is 10.9. The van der Waals surface area contributed by atoms with E-state index in [1.54, 1.807) is 0 Å². The maximum absolute atomic E-state index is 10.9. The van der Waals surface area contributed by atoms with Crippen molar-refractivity contribution in [1.29, 1.82) is 0 Å². The SMILES string of the molecule is O=Cc1nnn(CC2(CO)CC2)c1CC1CC1. The van der Waals surface area contributed by atoms with Crippen LogP contribution in [0.25, 0.3) is 0 Å². The van der Waals surface area contributed by atoms with Crippen molar-refractivity contribution in [2.45, 2.75) is 38.6 Å². The van der Waals surface area contributed by atoms with Gasteiger partial charge in [-0.2, -0.15) is 0 Å². The molecule has 0 unspecified atom stereocenters. The molecule has 0 atom stereocenters. The lowest BCUT2D eigenvalue weighted by atomic mass is 10.1. The van der Waals surface area contributed by atoms with Gasteiger partial charge in [-0.3, -0.25) is 4.79 Å². The lowest BCUT2D eigenvalue weighted by Crippen LogP contribution is -2.19. The van der Waals surface area contributed by atoms with Crippen LogP contribution >= 0.6 is 0 Å². The number of rotatable bonds is 6. The van der Waals surface area contributed by atoms with Crippen LogP contribution in [0.5, 0.6) is 0 Å². The van der Waals surface area contributed by atoms with Crippen LogP contribution in [0.1, 0.15) is 41.9 Å². The van der Waals surface area contributed by atoms with E-state index in [1.165, 1.54) is 12.8 Å². The molecule has 0 saturated heterocycles. The van der Waals surface area contributed by atoms with E-state index in [0.29, 0.717) is 18.2 Å². The number of aromatic nitrogens is 3. The molecule has 0 spiro atoms. The fraction of sp³-hybridized carbons (Fsp3) is 0.750. The van der Waals surface area contributed by atoms with Gasteiger partial charge in [-0.1, -0.05) is 5.21 Å². The van der Waals surface area contributed by atoms with Gasteiger partial charge in [0, 0.05) is 5.41 Å². The Kier molecular flexibility index (Phi) is 2.50. The number of nitrogens with zero attached hydrogens (tertiary/aromatic N) is 3. The highest BCUT2D eigenvalue weighted by molar-refractivity contribution is 5.73. The number of hydrogen-bond acceptors (Lipinski definition) is 4. The molecule has 92 valence electrons. The minimum atomic E-state index is 0.00611. The Morgan fingerprint density at radius 3 is 2.76 bits per heavy atom. The lowest BCUT2D eigenvalue weighted by Gasteiger charge is -2.13. The summed E-state index contributed by atoms with van der Waals surface area (Å²) in [7, 11) is 0. The maximum atomic E-state index is 10.9. The van der Waals surface area contributed by atoms with E-state index in [-0.39, 0.29) is 12.0 Å². The van der Waals surface area contributed by atoms with Crippen LogP contribution in [0.2, 0.25) is 0 Å². The first kappa shape index (κ1) is 10.9. The smallest absolute Gasteiger partial charge is 0.172 e. The molecule has 1 heterocycles. The third-order valence-electron chi connectivity index (χ3n) is 3.94. The summed E-state index contributed by atoms with van der Waals surface area (Å²) in [6.07, 6.45) is 6.27. The molecule has 5 nitrogen and oxygen atoms in total. The van der Waals surface area contributed by atoms with Crippen molar-refractivity contribution in [3.05, 3.63) is 11.4 Å². The summed E-state index contributed by atoms with van der Waals surface area (Å²) in [6, 6.07) is 0. The van der Waals surface area contributed by atoms with Crippen molar-refractivity contribution in [3.63, 3.8) is 0 Å². The fourth-order valence-corrected chi connectivity index (χ4v) is 2.23. The maximum Gasteiger partial charge on any atom is 0.172 e. The number of hydrogen-bond donors (Lipinski definition) is 1. The van der Waals surface area contributed by atoms with Gasteiger partial charge in [-0.05, 0) is 38.0 Å². The average Bonchev–Trinajstić information content (AvgIpc) is 3.22. The zero-order valence-electron chi connectivity index (χ0n) is 9.80. The summed E-state index contributed by atoms with van der Waals surface area (Å²) >= 11 is 0. The van der Waals surface area contributed by atoms with Gasteiger partial charge in [0.25, 0.3) is 0 Å². The quantitative estimate of drug-likeness (QED) is 0.741. The van der Waals surface area contributed by atoms with Gasteiger partial charge >= 0.3 is 0 Å². The number of carbonyl (C=O) groups is 1. The molecule has 1 aromatic rings. The molecule has 2 aliphatic rings. The molecular formula is C12H17N3O2. The summed E-state index contributed by atoms with van der Waals surface area (Å²) in [6.45, 7) is 0.901. The second-order valence-electron chi connectivity index (χ2n) is 5.50. The molecule has 1 aromatic heterocycles. The molecule has 17 heavy (non-hydrogen) atoms. The monoisotopic (exact) mass is 235 g/mol. The Morgan fingerprint density at radius 2 is 2.24 bits per heavy atom. The molecule has 0 bridgehead atoms. The summed E-state index contributed by atoms with van der Waals surface area (Å²) in [5.74, 6) is 0.704. The second kappa shape index (κ2) is 3.91. The van der Waals surface area contributed by atoms with E-state index in [4.69, 9.17) is 0 Å². The molecular weight excluding hydrogens is 218 g/mol. The first-order chi connectivity index (χ1) is 8.26. The van der Waals surface area contributed by atoms with E-state index < -0.39 is 0 Å². The van der Waals surface area contributed by atoms with Crippen LogP contribution in [-0.2, 0) is 13.0 Å². The molecule has 3 rings (SSSR count). The normalized spacial score (nSPS) is 21.5. The van der Waals surface area contributed by atoms with E-state index in [9.17, 15) is 9.90 Å². The van der Waals surface area contributed by atoms with Crippen LogP contribution in [0.15, 0.2) is 0 Å². The molecule has 5 heteroatoms. The van der Waals surface area contributed by atoms with Crippen molar-refractivity contribution >= 4 is 6.29 Å². The minimum absolute atomic E-state index is 0.00611. The van der Waals surface area contributed by atoms with Gasteiger partial charge in [0.2, 0.25) is 0 Å². The van der Waals surface area contributed by atoms with Crippen LogP contribution in [-0.4, -0.2) is 33.0 Å². The lowest BCUT2D eigenvalue weighted by molar-refractivity contribution is 0.111. The van der Waals surface area contributed by atoms with Crippen molar-refractivity contribution < 1.29 is 9.90 Å². The fourth-order valence-electron chi connectivity index (χ4n) is 2.23. The Hall–Kier alpha value is -1.23. The number of aliphatic hydroxyl groups excluding tert-OH is 1. The molecule has 0 aromatic carbocycles. The Morgan fingerprint density at radius 1 is 1.47 bits per heavy atom. The van der Waals surface area contributed by atoms with Gasteiger partial charge in [0.05, 0.1) is 18.8 Å². The van der Waals surface area contributed by atoms with E-state index in [2.05, 4.69) is 10.3 Å². The Bertz CT molecular complexity index is 433. The van der Waals surface area contributed by atoms with E-state index in [1.807, 2.05) is 4.68 Å². The first-order valence-electron chi connectivity index (χ1n) is 6.25. The average molecular weight is 235 g/mol. The predicted octanol–water partition coefficient (Wildman–Crippen LogP) is 0.816. The van der Waals surface area contributed by atoms with Gasteiger partial charge in [-0.25, -0.2) is 4.68 Å². The standard InChI is InChI=1S/C12H17N3O2/c16-6-10-11(5-9-1-2-9)15(14-13-10)7-12(8-17)3-4-12/h6,9,17H,1-5,7-8H2. The van der Waals surface area contributed by atoms with Crippen LogP contribution in [0.3, 0.4) is 0 Å². The van der Waals surface area contributed by atoms with E-state index >= 15 is 0 Å². The summed E-state index contributed by atoms with van der Waals surface area (Å²) < 4.78 is 1.84. The highest BCUT2D eigenvalue weighted by Gasteiger charge is 2.43. The summed E-state index contributed by atoms with van der Waals surface area (Å²) in [5, 5.41) is 17.3. The van der Waals surface area contributed by atoms with Gasteiger partial charge in [-0.15, -0.1) is 5.10 Å². The highest BCUT2D eigenvalue weighted by atomic mass is 16.3. The Labute approximate surface area is 99.8 Å². The number of carbonyl (C=O) groups excluding carboxylic acids is 1. The van der Waals surface area contributed by atoms with Gasteiger partial charge < -0.3 is 5.11 Å². The largest absolute Gasteiger partial charge is 0.396 e. The third kappa shape index (κ3) is 2.11. The zero-order chi connectivity index (χ0) is 11.9. The molecule has 2 aliphatic carbocycles. The van der Waals surface area contributed by atoms with E-state index in [0.717, 1.165) is 31.2 Å². The van der Waals surface area contributed by atoms with Crippen LogP contribution in [0.4, 0.5) is 0 Å². The molecule has 1 N–H and O–H groups in total. The second-order valence-corrected chi connectivity index (χ2v) is 5.50. The van der Waals surface area contributed by atoms with Crippen LogP contribution in [0, 0.1) is 11.3 Å². The first-order valence-corrected chi connectivity index (χ1v) is 6.25. The minimum Gasteiger partial charge on any atom is -0.396 e. The Balaban J connectivity index is 1.82. The molecule has 2 saturated carbocycles. The molecule has 0 amide bonds. The predicted molar refractivity (Wildman–Crippen MR) is 60.6 cm³/mol.